The Balaban J connectivity index is 2.54. The minimum atomic E-state index is 1.01. The largest absolute Gasteiger partial charge is 0.144 e. The Morgan fingerprint density at radius 2 is 1.64 bits per heavy atom. The van der Waals surface area contributed by atoms with Crippen LogP contribution < -0.4 is 0 Å². The SMILES string of the molecule is Cc1ccc(-c2sc(=S)sc2C)cc1. The van der Waals surface area contributed by atoms with Gasteiger partial charge < -0.3 is 0 Å². The van der Waals surface area contributed by atoms with Crippen LogP contribution >= 0.6 is 34.9 Å². The van der Waals surface area contributed by atoms with Crippen molar-refractivity contribution in [3.63, 3.8) is 0 Å². The maximum absolute atomic E-state index is 5.18. The van der Waals surface area contributed by atoms with E-state index in [1.165, 1.54) is 20.9 Å². The van der Waals surface area contributed by atoms with Gasteiger partial charge in [-0.15, -0.1) is 22.7 Å². The summed E-state index contributed by atoms with van der Waals surface area (Å²) in [4.78, 5) is 2.64. The summed E-state index contributed by atoms with van der Waals surface area (Å²) >= 11 is 8.59. The third-order valence-corrected chi connectivity index (χ3v) is 4.77. The molecule has 0 radical (unpaired) electrons. The van der Waals surface area contributed by atoms with Crippen molar-refractivity contribution in [3.05, 3.63) is 37.8 Å². The Bertz CT molecular complexity index is 488. The van der Waals surface area contributed by atoms with Crippen molar-refractivity contribution in [2.24, 2.45) is 0 Å². The number of hydrogen-bond donors (Lipinski definition) is 0. The molecule has 1 heterocycles. The van der Waals surface area contributed by atoms with E-state index in [1.54, 1.807) is 22.7 Å². The Morgan fingerprint density at radius 1 is 1.00 bits per heavy atom. The van der Waals surface area contributed by atoms with Crippen LogP contribution in [-0.4, -0.2) is 0 Å². The van der Waals surface area contributed by atoms with Gasteiger partial charge in [0.25, 0.3) is 0 Å². The summed E-state index contributed by atoms with van der Waals surface area (Å²) in [6, 6.07) is 8.61. The molecule has 0 amide bonds. The van der Waals surface area contributed by atoms with Crippen LogP contribution in [0.2, 0.25) is 0 Å². The summed E-state index contributed by atoms with van der Waals surface area (Å²) in [7, 11) is 0. The molecule has 0 saturated carbocycles. The van der Waals surface area contributed by atoms with Gasteiger partial charge >= 0.3 is 0 Å². The lowest BCUT2D eigenvalue weighted by Crippen LogP contribution is -1.75. The first-order valence-electron chi connectivity index (χ1n) is 4.34. The molecule has 1 aromatic heterocycles. The molecule has 1 aromatic carbocycles. The van der Waals surface area contributed by atoms with Gasteiger partial charge in [-0.25, -0.2) is 0 Å². The molecule has 0 nitrogen and oxygen atoms in total. The van der Waals surface area contributed by atoms with E-state index in [0.717, 1.165) is 3.14 Å². The molecule has 0 aliphatic carbocycles. The predicted molar refractivity (Wildman–Crippen MR) is 67.9 cm³/mol. The molecule has 0 fully saturated rings. The number of rotatable bonds is 1. The van der Waals surface area contributed by atoms with Crippen LogP contribution in [0.25, 0.3) is 10.4 Å². The molecule has 0 spiro atoms. The van der Waals surface area contributed by atoms with Crippen LogP contribution in [0.4, 0.5) is 0 Å². The second-order valence-corrected chi connectivity index (χ2v) is 6.63. The van der Waals surface area contributed by atoms with Crippen LogP contribution in [0, 0.1) is 17.0 Å². The normalized spacial score (nSPS) is 10.4. The molecule has 2 rings (SSSR count). The summed E-state index contributed by atoms with van der Waals surface area (Å²) in [6.45, 7) is 4.23. The van der Waals surface area contributed by atoms with E-state index in [0.29, 0.717) is 0 Å². The second-order valence-electron chi connectivity index (χ2n) is 3.21. The van der Waals surface area contributed by atoms with E-state index < -0.39 is 0 Å². The fourth-order valence-corrected chi connectivity index (χ4v) is 4.01. The van der Waals surface area contributed by atoms with E-state index in [2.05, 4.69) is 38.1 Å². The highest BCUT2D eigenvalue weighted by atomic mass is 32.2. The highest BCUT2D eigenvalue weighted by molar-refractivity contribution is 7.76. The zero-order valence-corrected chi connectivity index (χ0v) is 10.5. The molecule has 0 unspecified atom stereocenters. The predicted octanol–water partition coefficient (Wildman–Crippen LogP) is 4.82. The smallest absolute Gasteiger partial charge is 0.117 e. The van der Waals surface area contributed by atoms with Crippen LogP contribution in [0.1, 0.15) is 10.4 Å². The summed E-state index contributed by atoms with van der Waals surface area (Å²) < 4.78 is 1.01. The molecule has 0 atom stereocenters. The van der Waals surface area contributed by atoms with Crippen molar-refractivity contribution in [1.29, 1.82) is 0 Å². The van der Waals surface area contributed by atoms with Gasteiger partial charge in [0.05, 0.1) is 0 Å². The molecular formula is C11H10S3. The van der Waals surface area contributed by atoms with Crippen molar-refractivity contribution >= 4 is 34.9 Å². The van der Waals surface area contributed by atoms with Gasteiger partial charge in [0.15, 0.2) is 0 Å². The van der Waals surface area contributed by atoms with Gasteiger partial charge in [0.1, 0.15) is 3.14 Å². The Hall–Kier alpha value is -0.510. The molecule has 72 valence electrons. The van der Waals surface area contributed by atoms with E-state index in [4.69, 9.17) is 12.2 Å². The number of hydrogen-bond acceptors (Lipinski definition) is 3. The van der Waals surface area contributed by atoms with Gasteiger partial charge in [-0.1, -0.05) is 42.0 Å². The molecule has 0 N–H and O–H groups in total. The van der Waals surface area contributed by atoms with Crippen LogP contribution in [0.3, 0.4) is 0 Å². The molecule has 0 aliphatic rings. The van der Waals surface area contributed by atoms with Gasteiger partial charge in [-0.05, 0) is 19.4 Å². The Labute approximate surface area is 96.9 Å². The lowest BCUT2D eigenvalue weighted by Gasteiger charge is -1.99. The van der Waals surface area contributed by atoms with E-state index >= 15 is 0 Å². The summed E-state index contributed by atoms with van der Waals surface area (Å²) in [5.41, 5.74) is 2.58. The molecule has 2 aromatic rings. The quantitative estimate of drug-likeness (QED) is 0.642. The monoisotopic (exact) mass is 238 g/mol. The maximum Gasteiger partial charge on any atom is 0.144 e. The van der Waals surface area contributed by atoms with Gasteiger partial charge in [0, 0.05) is 9.75 Å². The Morgan fingerprint density at radius 3 is 2.14 bits per heavy atom. The van der Waals surface area contributed by atoms with Crippen LogP contribution in [0.5, 0.6) is 0 Å². The lowest BCUT2D eigenvalue weighted by atomic mass is 10.1. The fraction of sp³-hybridized carbons (Fsp3) is 0.182. The van der Waals surface area contributed by atoms with Crippen molar-refractivity contribution < 1.29 is 0 Å². The molecule has 0 aliphatic heterocycles. The number of aryl methyl sites for hydroxylation is 2. The lowest BCUT2D eigenvalue weighted by molar-refractivity contribution is 1.47. The van der Waals surface area contributed by atoms with E-state index in [-0.39, 0.29) is 0 Å². The van der Waals surface area contributed by atoms with Crippen molar-refractivity contribution in [2.75, 3.05) is 0 Å². The first kappa shape index (κ1) is 10.0. The van der Waals surface area contributed by atoms with Crippen LogP contribution in [0.15, 0.2) is 24.3 Å². The van der Waals surface area contributed by atoms with Crippen LogP contribution in [-0.2, 0) is 0 Å². The molecule has 14 heavy (non-hydrogen) atoms. The first-order chi connectivity index (χ1) is 6.66. The summed E-state index contributed by atoms with van der Waals surface area (Å²) in [5, 5.41) is 0. The highest BCUT2D eigenvalue weighted by Gasteiger charge is 2.04. The molecule has 0 saturated heterocycles. The van der Waals surface area contributed by atoms with Gasteiger partial charge in [-0.3, -0.25) is 0 Å². The van der Waals surface area contributed by atoms with Crippen molar-refractivity contribution in [1.82, 2.24) is 0 Å². The number of benzene rings is 1. The molecule has 3 heteroatoms. The average Bonchev–Trinajstić information content (AvgIpc) is 2.47. The van der Waals surface area contributed by atoms with Crippen molar-refractivity contribution in [3.8, 4) is 10.4 Å². The molecular weight excluding hydrogens is 228 g/mol. The summed E-state index contributed by atoms with van der Waals surface area (Å²) in [6.07, 6.45) is 0. The second kappa shape index (κ2) is 3.93. The van der Waals surface area contributed by atoms with Gasteiger partial charge in [-0.2, -0.15) is 0 Å². The van der Waals surface area contributed by atoms with Gasteiger partial charge in [0.2, 0.25) is 0 Å². The molecule has 0 bridgehead atoms. The Kier molecular flexibility index (Phi) is 2.81. The minimum absolute atomic E-state index is 1.01. The maximum atomic E-state index is 5.18. The van der Waals surface area contributed by atoms with E-state index in [9.17, 15) is 0 Å². The first-order valence-corrected chi connectivity index (χ1v) is 6.38. The average molecular weight is 238 g/mol. The highest BCUT2D eigenvalue weighted by Crippen LogP contribution is 2.33. The third kappa shape index (κ3) is 1.95. The summed E-state index contributed by atoms with van der Waals surface area (Å²) in [5.74, 6) is 0. The zero-order valence-electron chi connectivity index (χ0n) is 8.03. The minimum Gasteiger partial charge on any atom is -0.117 e. The third-order valence-electron chi connectivity index (χ3n) is 2.06. The van der Waals surface area contributed by atoms with E-state index in [1.807, 2.05) is 0 Å². The zero-order chi connectivity index (χ0) is 10.1. The fourth-order valence-electron chi connectivity index (χ4n) is 1.31. The van der Waals surface area contributed by atoms with Crippen molar-refractivity contribution in [2.45, 2.75) is 13.8 Å². The topological polar surface area (TPSA) is 0 Å². The standard InChI is InChI=1S/C11H10S3/c1-7-3-5-9(6-4-7)10-8(2)13-11(12)14-10/h3-6H,1-2H3.